The highest BCUT2D eigenvalue weighted by molar-refractivity contribution is 9.10. The van der Waals surface area contributed by atoms with Crippen molar-refractivity contribution in [1.29, 1.82) is 0 Å². The van der Waals surface area contributed by atoms with Gasteiger partial charge in [-0.15, -0.1) is 0 Å². The Morgan fingerprint density at radius 2 is 1.44 bits per heavy atom. The largest absolute Gasteiger partial charge is 0.508 e. The van der Waals surface area contributed by atoms with Crippen LogP contribution in [-0.2, 0) is 18.5 Å². The van der Waals surface area contributed by atoms with Gasteiger partial charge in [-0.05, 0) is 76.7 Å². The number of hydrogen-bond acceptors (Lipinski definition) is 4. The Morgan fingerprint density at radius 1 is 0.795 bits per heavy atom. The van der Waals surface area contributed by atoms with Gasteiger partial charge in [0.2, 0.25) is 0 Å². The molecule has 4 aromatic carbocycles. The lowest BCUT2D eigenvalue weighted by Crippen LogP contribution is -2.14. The lowest BCUT2D eigenvalue weighted by molar-refractivity contribution is 0.465. The van der Waals surface area contributed by atoms with Gasteiger partial charge in [0.25, 0.3) is 0 Å². The van der Waals surface area contributed by atoms with Crippen molar-refractivity contribution in [1.82, 2.24) is 0 Å². The van der Waals surface area contributed by atoms with E-state index in [9.17, 15) is 10.2 Å². The summed E-state index contributed by atoms with van der Waals surface area (Å²) in [4.78, 5) is 3.34. The first-order valence-corrected chi connectivity index (χ1v) is 13.6. The number of para-hydroxylation sites is 1. The van der Waals surface area contributed by atoms with E-state index in [0.29, 0.717) is 30.3 Å². The van der Waals surface area contributed by atoms with Crippen molar-refractivity contribution in [2.75, 3.05) is 10.6 Å². The molecule has 4 N–H and O–H groups in total. The highest BCUT2D eigenvalue weighted by atomic mass is 79.9. The second kappa shape index (κ2) is 13.2. The van der Waals surface area contributed by atoms with Gasteiger partial charge >= 0.3 is 0 Å². The molecule has 5 nitrogen and oxygen atoms in total. The summed E-state index contributed by atoms with van der Waals surface area (Å²) in [6.45, 7) is 18.7. The highest BCUT2D eigenvalue weighted by Crippen LogP contribution is 2.32. The molecule has 0 saturated carbocycles. The summed E-state index contributed by atoms with van der Waals surface area (Å²) in [6, 6.07) is 25.0. The Morgan fingerprint density at radius 3 is 2.10 bits per heavy atom. The number of nitrogens with one attached hydrogen (secondary N) is 2. The fraction of sp³-hybridized carbons (Fsp3) is 0.242. The van der Waals surface area contributed by atoms with Crippen LogP contribution < -0.4 is 10.6 Å². The molecule has 0 heterocycles. The first-order chi connectivity index (χ1) is 18.5. The van der Waals surface area contributed by atoms with Crippen LogP contribution >= 0.6 is 15.9 Å². The second-order valence-corrected chi connectivity index (χ2v) is 11.4. The van der Waals surface area contributed by atoms with E-state index in [1.54, 1.807) is 18.2 Å². The minimum absolute atomic E-state index is 0.0822. The molecule has 0 aromatic heterocycles. The predicted octanol–water partition coefficient (Wildman–Crippen LogP) is 9.24. The Kier molecular flexibility index (Phi) is 10.0. The number of phenolic OH excluding ortho intramolecular Hbond substituents is 2. The van der Waals surface area contributed by atoms with Crippen LogP contribution in [0.25, 0.3) is 4.85 Å². The third-order valence-electron chi connectivity index (χ3n) is 6.21. The van der Waals surface area contributed by atoms with Gasteiger partial charge in [0.05, 0.1) is 11.0 Å². The molecule has 0 spiro atoms. The van der Waals surface area contributed by atoms with Crippen LogP contribution in [0.4, 0.5) is 17.1 Å². The zero-order valence-corrected chi connectivity index (χ0v) is 24.7. The van der Waals surface area contributed by atoms with E-state index in [-0.39, 0.29) is 5.41 Å². The molecule has 0 aliphatic heterocycles. The van der Waals surface area contributed by atoms with Crippen LogP contribution in [0.3, 0.4) is 0 Å². The number of aromatic hydroxyl groups is 2. The summed E-state index contributed by atoms with van der Waals surface area (Å²) < 4.78 is 0.739. The molecule has 0 amide bonds. The number of halogens is 1. The third kappa shape index (κ3) is 8.53. The molecule has 0 fully saturated rings. The summed E-state index contributed by atoms with van der Waals surface area (Å²) in [7, 11) is 0. The normalized spacial score (nSPS) is 10.7. The molecule has 0 aliphatic carbocycles. The summed E-state index contributed by atoms with van der Waals surface area (Å²) in [6.07, 6.45) is 0. The standard InChI is InChI=1S/C18H22BrNO.C15H14N2O/c1-12-9-13(17(21)15(19)10-12)11-20-16-8-6-5-7-14(16)18(2,3)4;1-11-3-8-15(18)12(9-11)10-17-14-6-4-13(16-2)5-7-14/h5-10,20-21H,11H2,1-4H3;3-9,17-18H,10H2,1H3. The lowest BCUT2D eigenvalue weighted by atomic mass is 9.86. The molecule has 0 bridgehead atoms. The van der Waals surface area contributed by atoms with Crippen LogP contribution in [-0.4, -0.2) is 10.2 Å². The molecule has 6 heteroatoms. The van der Waals surface area contributed by atoms with Gasteiger partial charge in [-0.1, -0.05) is 74.9 Å². The highest BCUT2D eigenvalue weighted by Gasteiger charge is 2.17. The van der Waals surface area contributed by atoms with E-state index < -0.39 is 0 Å². The molecule has 0 radical (unpaired) electrons. The van der Waals surface area contributed by atoms with Crippen molar-refractivity contribution in [3.63, 3.8) is 0 Å². The van der Waals surface area contributed by atoms with Crippen LogP contribution in [0.2, 0.25) is 0 Å². The van der Waals surface area contributed by atoms with Crippen molar-refractivity contribution in [2.45, 2.75) is 53.1 Å². The number of rotatable bonds is 6. The Balaban J connectivity index is 0.000000218. The minimum atomic E-state index is 0.0822. The minimum Gasteiger partial charge on any atom is -0.508 e. The fourth-order valence-corrected chi connectivity index (χ4v) is 4.75. The maximum Gasteiger partial charge on any atom is 0.187 e. The molecule has 39 heavy (non-hydrogen) atoms. The molecule has 4 rings (SSSR count). The zero-order valence-electron chi connectivity index (χ0n) is 23.1. The van der Waals surface area contributed by atoms with Crippen LogP contribution in [0.15, 0.2) is 83.3 Å². The molecular formula is C33H36BrN3O2. The van der Waals surface area contributed by atoms with Crippen molar-refractivity contribution in [3.05, 3.63) is 123 Å². The predicted molar refractivity (Wildman–Crippen MR) is 166 cm³/mol. The quantitative estimate of drug-likeness (QED) is 0.170. The average molecular weight is 587 g/mol. The van der Waals surface area contributed by atoms with Crippen LogP contribution in [0, 0.1) is 20.4 Å². The van der Waals surface area contributed by atoms with Gasteiger partial charge in [0, 0.05) is 35.6 Å². The van der Waals surface area contributed by atoms with Gasteiger partial charge in [-0.25, -0.2) is 4.85 Å². The fourth-order valence-electron chi connectivity index (χ4n) is 4.13. The molecule has 0 atom stereocenters. The van der Waals surface area contributed by atoms with E-state index in [4.69, 9.17) is 6.57 Å². The van der Waals surface area contributed by atoms with Gasteiger partial charge in [-0.3, -0.25) is 0 Å². The van der Waals surface area contributed by atoms with Crippen molar-refractivity contribution >= 4 is 33.0 Å². The smallest absolute Gasteiger partial charge is 0.187 e. The molecule has 0 saturated heterocycles. The average Bonchev–Trinajstić information content (AvgIpc) is 2.90. The number of hydrogen-bond donors (Lipinski definition) is 4. The maximum atomic E-state index is 10.1. The third-order valence-corrected chi connectivity index (χ3v) is 6.81. The number of nitrogens with zero attached hydrogens (tertiary/aromatic N) is 1. The van der Waals surface area contributed by atoms with Gasteiger partial charge in [-0.2, -0.15) is 0 Å². The number of phenols is 2. The molecule has 4 aromatic rings. The Hall–Kier alpha value is -3.95. The summed E-state index contributed by atoms with van der Waals surface area (Å²) in [5.41, 5.74) is 8.03. The van der Waals surface area contributed by atoms with E-state index in [1.807, 2.05) is 56.3 Å². The van der Waals surface area contributed by atoms with E-state index >= 15 is 0 Å². The number of benzene rings is 4. The maximum absolute atomic E-state index is 10.1. The Labute approximate surface area is 240 Å². The van der Waals surface area contributed by atoms with Crippen LogP contribution in [0.5, 0.6) is 11.5 Å². The molecule has 0 aliphatic rings. The van der Waals surface area contributed by atoms with E-state index in [1.165, 1.54) is 5.56 Å². The topological polar surface area (TPSA) is 68.9 Å². The molecule has 202 valence electrons. The summed E-state index contributed by atoms with van der Waals surface area (Å²) in [5.74, 6) is 0.604. The Bertz CT molecular complexity index is 1450. The first kappa shape index (κ1) is 29.6. The van der Waals surface area contributed by atoms with Gasteiger partial charge in [0.1, 0.15) is 11.5 Å². The first-order valence-electron chi connectivity index (χ1n) is 12.8. The summed E-state index contributed by atoms with van der Waals surface area (Å²) in [5, 5.41) is 26.5. The van der Waals surface area contributed by atoms with Crippen molar-refractivity contribution in [3.8, 4) is 11.5 Å². The number of anilines is 2. The van der Waals surface area contributed by atoms with E-state index in [0.717, 1.165) is 38.1 Å². The lowest BCUT2D eigenvalue weighted by Gasteiger charge is -2.23. The molecular weight excluding hydrogens is 550 g/mol. The van der Waals surface area contributed by atoms with E-state index in [2.05, 4.69) is 70.4 Å². The monoisotopic (exact) mass is 585 g/mol. The SMILES string of the molecule is Cc1cc(Br)c(O)c(CNc2ccccc2C(C)(C)C)c1.[C-]#[N+]c1ccc(NCc2cc(C)ccc2O)cc1. The van der Waals surface area contributed by atoms with Crippen molar-refractivity contribution in [2.24, 2.45) is 0 Å². The zero-order chi connectivity index (χ0) is 28.6. The van der Waals surface area contributed by atoms with Gasteiger partial charge < -0.3 is 20.8 Å². The van der Waals surface area contributed by atoms with Crippen LogP contribution in [0.1, 0.15) is 48.6 Å². The summed E-state index contributed by atoms with van der Waals surface area (Å²) >= 11 is 3.39. The second-order valence-electron chi connectivity index (χ2n) is 10.5. The number of aryl methyl sites for hydroxylation is 2. The van der Waals surface area contributed by atoms with Crippen molar-refractivity contribution < 1.29 is 10.2 Å². The molecule has 0 unspecified atom stereocenters. The van der Waals surface area contributed by atoms with Gasteiger partial charge in [0.15, 0.2) is 5.69 Å².